The molecular formula is C47H34N4. The van der Waals surface area contributed by atoms with Crippen LogP contribution in [0.3, 0.4) is 0 Å². The van der Waals surface area contributed by atoms with E-state index in [-0.39, 0.29) is 0 Å². The summed E-state index contributed by atoms with van der Waals surface area (Å²) in [6.45, 7) is 0. The van der Waals surface area contributed by atoms with Crippen LogP contribution in [0.15, 0.2) is 170 Å². The fourth-order valence-corrected chi connectivity index (χ4v) is 6.96. The molecule has 4 nitrogen and oxygen atoms in total. The average molecular weight is 655 g/mol. The van der Waals surface area contributed by atoms with Crippen LogP contribution in [0, 0.1) is 0 Å². The molecule has 4 heteroatoms. The summed E-state index contributed by atoms with van der Waals surface area (Å²) in [7, 11) is 0. The fourth-order valence-electron chi connectivity index (χ4n) is 6.96. The summed E-state index contributed by atoms with van der Waals surface area (Å²) in [5.74, 6) is 0.708. The minimum absolute atomic E-state index is 0.708. The van der Waals surface area contributed by atoms with Crippen molar-refractivity contribution in [1.82, 2.24) is 19.9 Å². The molecule has 0 amide bonds. The number of benzene rings is 5. The maximum Gasteiger partial charge on any atom is 0.160 e. The van der Waals surface area contributed by atoms with Crippen LogP contribution in [0.1, 0.15) is 25.0 Å². The van der Waals surface area contributed by atoms with Crippen LogP contribution in [0.5, 0.6) is 0 Å². The first-order valence-electron chi connectivity index (χ1n) is 17.5. The van der Waals surface area contributed by atoms with Crippen molar-refractivity contribution in [3.05, 3.63) is 176 Å². The highest BCUT2D eigenvalue weighted by molar-refractivity contribution is 6.09. The summed E-state index contributed by atoms with van der Waals surface area (Å²) in [6, 6.07) is 52.7. The number of nitrogens with zero attached hydrogens (tertiary/aromatic N) is 4. The van der Waals surface area contributed by atoms with Gasteiger partial charge in [-0.3, -0.25) is 0 Å². The number of pyridine rings is 2. The van der Waals surface area contributed by atoms with E-state index in [9.17, 15) is 0 Å². The van der Waals surface area contributed by atoms with Gasteiger partial charge < -0.3 is 0 Å². The molecule has 0 fully saturated rings. The first-order valence-corrected chi connectivity index (χ1v) is 17.5. The Morgan fingerprint density at radius 3 is 1.80 bits per heavy atom. The van der Waals surface area contributed by atoms with E-state index in [0.717, 1.165) is 97.2 Å². The van der Waals surface area contributed by atoms with Crippen molar-refractivity contribution >= 4 is 27.4 Å². The van der Waals surface area contributed by atoms with Gasteiger partial charge in [0.15, 0.2) is 5.82 Å². The van der Waals surface area contributed by atoms with Crippen molar-refractivity contribution < 1.29 is 0 Å². The van der Waals surface area contributed by atoms with Crippen molar-refractivity contribution in [3.8, 4) is 56.3 Å². The summed E-state index contributed by atoms with van der Waals surface area (Å²) in [6.07, 6.45) is 9.68. The van der Waals surface area contributed by atoms with Crippen molar-refractivity contribution in [3.63, 3.8) is 0 Å². The lowest BCUT2D eigenvalue weighted by Crippen LogP contribution is -1.99. The summed E-state index contributed by atoms with van der Waals surface area (Å²) in [5, 5.41) is 2.13. The zero-order valence-electron chi connectivity index (χ0n) is 28.1. The molecular weight excluding hydrogens is 621 g/mol. The van der Waals surface area contributed by atoms with Gasteiger partial charge in [0.2, 0.25) is 0 Å². The van der Waals surface area contributed by atoms with Gasteiger partial charge in [-0.15, -0.1) is 0 Å². The van der Waals surface area contributed by atoms with Crippen molar-refractivity contribution in [1.29, 1.82) is 0 Å². The molecule has 0 spiro atoms. The van der Waals surface area contributed by atoms with E-state index in [0.29, 0.717) is 5.82 Å². The molecule has 0 N–H and O–H groups in total. The lowest BCUT2D eigenvalue weighted by atomic mass is 9.97. The van der Waals surface area contributed by atoms with E-state index < -0.39 is 0 Å². The quantitative estimate of drug-likeness (QED) is 0.132. The average Bonchev–Trinajstić information content (AvgIpc) is 3.51. The molecule has 0 saturated carbocycles. The highest BCUT2D eigenvalue weighted by Crippen LogP contribution is 2.36. The predicted molar refractivity (Wildman–Crippen MR) is 211 cm³/mol. The van der Waals surface area contributed by atoms with Crippen LogP contribution in [-0.2, 0) is 0 Å². The normalized spacial score (nSPS) is 12.9. The third-order valence-corrected chi connectivity index (χ3v) is 9.58. The van der Waals surface area contributed by atoms with Gasteiger partial charge in [-0.05, 0) is 60.2 Å². The first-order chi connectivity index (χ1) is 25.3. The van der Waals surface area contributed by atoms with Crippen LogP contribution in [0.2, 0.25) is 0 Å². The predicted octanol–water partition coefficient (Wildman–Crippen LogP) is 12.0. The molecule has 0 aliphatic heterocycles. The van der Waals surface area contributed by atoms with Crippen LogP contribution in [-0.4, -0.2) is 19.9 Å². The Morgan fingerprint density at radius 2 is 1.04 bits per heavy atom. The SMILES string of the molecule is C1=CCCC(c2cc(-c3ccccc3)nc(-c3cccc(-c4ccc5ccc6c(-c7ccccc7)cc(-c7ccccc7)nc6c5n4)c3)n2)=CC1. The van der Waals surface area contributed by atoms with E-state index >= 15 is 0 Å². The molecule has 51 heavy (non-hydrogen) atoms. The zero-order valence-corrected chi connectivity index (χ0v) is 28.1. The Morgan fingerprint density at radius 1 is 0.412 bits per heavy atom. The maximum atomic E-state index is 5.33. The molecule has 0 unspecified atom stereocenters. The molecule has 3 aromatic heterocycles. The minimum atomic E-state index is 0.708. The smallest absolute Gasteiger partial charge is 0.160 e. The number of hydrogen-bond acceptors (Lipinski definition) is 4. The zero-order chi connectivity index (χ0) is 34.0. The minimum Gasteiger partial charge on any atom is -0.245 e. The fraction of sp³-hybridized carbons (Fsp3) is 0.0638. The number of hydrogen-bond donors (Lipinski definition) is 0. The highest BCUT2D eigenvalue weighted by atomic mass is 14.9. The molecule has 0 bridgehead atoms. The van der Waals surface area contributed by atoms with Crippen molar-refractivity contribution in [2.75, 3.05) is 0 Å². The Balaban J connectivity index is 1.19. The largest absolute Gasteiger partial charge is 0.245 e. The molecule has 0 radical (unpaired) electrons. The van der Waals surface area contributed by atoms with Gasteiger partial charge in [0.1, 0.15) is 0 Å². The van der Waals surface area contributed by atoms with E-state index in [1.807, 2.05) is 12.1 Å². The summed E-state index contributed by atoms with van der Waals surface area (Å²) in [4.78, 5) is 20.9. The lowest BCUT2D eigenvalue weighted by molar-refractivity contribution is 1.05. The number of allylic oxidation sites excluding steroid dienone is 4. The first kappa shape index (κ1) is 30.5. The third kappa shape index (κ3) is 6.13. The summed E-state index contributed by atoms with van der Waals surface area (Å²) < 4.78 is 0. The molecule has 1 aliphatic carbocycles. The molecule has 0 atom stereocenters. The molecule has 9 rings (SSSR count). The van der Waals surface area contributed by atoms with Crippen molar-refractivity contribution in [2.24, 2.45) is 0 Å². The van der Waals surface area contributed by atoms with Gasteiger partial charge >= 0.3 is 0 Å². The molecule has 3 heterocycles. The Hall–Kier alpha value is -6.52. The van der Waals surface area contributed by atoms with Crippen LogP contribution < -0.4 is 0 Å². The standard InChI is InChI=1S/C47H34N4/c1-2-7-18-34(17-6-1)43-31-44(35-21-12-5-13-22-35)51-47(50-43)38-24-14-23-37(29-38)41-28-26-36-25-27-39-40(32-15-8-3-9-16-32)30-42(33-19-10-4-11-20-33)49-46(39)45(36)48-41/h1-5,8-17,19-31H,6-7,18H2. The van der Waals surface area contributed by atoms with E-state index in [1.54, 1.807) is 0 Å². The Bertz CT molecular complexity index is 2590. The van der Waals surface area contributed by atoms with Crippen LogP contribution in [0.4, 0.5) is 0 Å². The monoisotopic (exact) mass is 654 g/mol. The van der Waals surface area contributed by atoms with Gasteiger partial charge in [0.05, 0.1) is 33.8 Å². The van der Waals surface area contributed by atoms with E-state index in [1.165, 1.54) is 5.57 Å². The summed E-state index contributed by atoms with van der Waals surface area (Å²) >= 11 is 0. The van der Waals surface area contributed by atoms with E-state index in [4.69, 9.17) is 19.9 Å². The van der Waals surface area contributed by atoms with Gasteiger partial charge in [-0.25, -0.2) is 19.9 Å². The van der Waals surface area contributed by atoms with Crippen molar-refractivity contribution in [2.45, 2.75) is 19.3 Å². The van der Waals surface area contributed by atoms with Gasteiger partial charge in [-0.1, -0.05) is 146 Å². The summed E-state index contributed by atoms with van der Waals surface area (Å²) in [5.41, 5.74) is 13.1. The molecule has 0 saturated heterocycles. The number of fused-ring (bicyclic) bond motifs is 3. The Kier molecular flexibility index (Phi) is 8.03. The lowest BCUT2D eigenvalue weighted by Gasteiger charge is -2.13. The number of aromatic nitrogens is 4. The van der Waals surface area contributed by atoms with Gasteiger partial charge in [0.25, 0.3) is 0 Å². The second-order valence-electron chi connectivity index (χ2n) is 12.9. The molecule has 1 aliphatic rings. The van der Waals surface area contributed by atoms with E-state index in [2.05, 4.69) is 158 Å². The van der Waals surface area contributed by atoms with Gasteiger partial charge in [0, 0.05) is 33.0 Å². The molecule has 5 aromatic carbocycles. The Labute approximate surface area is 297 Å². The third-order valence-electron chi connectivity index (χ3n) is 9.58. The maximum absolute atomic E-state index is 5.33. The highest BCUT2D eigenvalue weighted by Gasteiger charge is 2.16. The molecule has 8 aromatic rings. The van der Waals surface area contributed by atoms with Gasteiger partial charge in [-0.2, -0.15) is 0 Å². The van der Waals surface area contributed by atoms with Crippen LogP contribution in [0.25, 0.3) is 83.7 Å². The topological polar surface area (TPSA) is 51.6 Å². The molecule has 242 valence electrons. The second-order valence-corrected chi connectivity index (χ2v) is 12.9. The number of rotatable bonds is 6. The second kappa shape index (κ2) is 13.4. The van der Waals surface area contributed by atoms with Crippen LogP contribution >= 0.6 is 0 Å².